The van der Waals surface area contributed by atoms with Crippen LogP contribution in [0.3, 0.4) is 0 Å². The van der Waals surface area contributed by atoms with E-state index in [1.165, 1.54) is 173 Å². The molecule has 68 heavy (non-hydrogen) atoms. The van der Waals surface area contributed by atoms with Crippen molar-refractivity contribution in [1.29, 1.82) is 0 Å². The van der Waals surface area contributed by atoms with Crippen LogP contribution in [-0.4, -0.2) is 55.0 Å². The lowest BCUT2D eigenvalue weighted by Crippen LogP contribution is -3.00. The Hall–Kier alpha value is -1.88. The molecule has 0 aliphatic rings. The molecule has 0 radical (unpaired) electrons. The second-order valence-electron chi connectivity index (χ2n) is 21.2. The largest absolute Gasteiger partial charge is 1.00 e. The molecule has 0 amide bonds. The zero-order chi connectivity index (χ0) is 49.0. The highest BCUT2D eigenvalue weighted by Gasteiger charge is 2.38. The van der Waals surface area contributed by atoms with Crippen molar-refractivity contribution in [3.63, 3.8) is 0 Å². The first kappa shape index (κ1) is 68.2. The number of carbonyl (C=O) groups is 1. The fourth-order valence-electron chi connectivity index (χ4n) is 8.96. The second kappa shape index (κ2) is 52.9. The van der Waals surface area contributed by atoms with Gasteiger partial charge in [0.05, 0.1) is 34.1 Å². The van der Waals surface area contributed by atoms with Crippen LogP contribution >= 0.6 is 0 Å². The third-order valence-electron chi connectivity index (χ3n) is 13.4. The fourth-order valence-corrected chi connectivity index (χ4v) is 8.96. The van der Waals surface area contributed by atoms with Gasteiger partial charge in [0.25, 0.3) is 0 Å². The van der Waals surface area contributed by atoms with Crippen molar-refractivity contribution < 1.29 is 31.5 Å². The summed E-state index contributed by atoms with van der Waals surface area (Å²) in [7, 11) is 6.54. The minimum Gasteiger partial charge on any atom is -1.00 e. The summed E-state index contributed by atoms with van der Waals surface area (Å²) >= 11 is 0. The van der Waals surface area contributed by atoms with Gasteiger partial charge in [0.2, 0.25) is 0 Å². The van der Waals surface area contributed by atoms with Gasteiger partial charge in [-0.2, -0.15) is 0 Å². The highest BCUT2D eigenvalue weighted by atomic mass is 35.5. The number of ether oxygens (including phenoxy) is 1. The van der Waals surface area contributed by atoms with Crippen molar-refractivity contribution in [3.05, 3.63) is 72.9 Å². The first-order valence-electron chi connectivity index (χ1n) is 29.3. The Morgan fingerprint density at radius 1 is 0.426 bits per heavy atom. The number of allylic oxidation sites excluding steroid dienone is 12. The molecule has 0 aromatic heterocycles. The van der Waals surface area contributed by atoms with Crippen molar-refractivity contribution >= 4 is 5.97 Å². The van der Waals surface area contributed by atoms with Gasteiger partial charge in [-0.15, -0.1) is 0 Å². The third kappa shape index (κ3) is 50.5. The van der Waals surface area contributed by atoms with E-state index in [9.17, 15) is 9.90 Å². The van der Waals surface area contributed by atoms with Crippen molar-refractivity contribution in [2.75, 3.05) is 27.7 Å². The van der Waals surface area contributed by atoms with E-state index in [2.05, 4.69) is 115 Å². The Morgan fingerprint density at radius 2 is 0.721 bits per heavy atom. The van der Waals surface area contributed by atoms with Crippen LogP contribution in [0.1, 0.15) is 284 Å². The number of aliphatic hydroxyl groups is 1. The SMILES string of the molecule is CCCCC/C=C\C/C=C\CCCCCCCCC(OC(=O)CCC[N+](C)(C)C)C(O)(CCCCCCCC/C=C\C/C=C\CCCCC)CCCCCCCC/C=C\C/C=C\CCCCC.[Cl-]. The van der Waals surface area contributed by atoms with Gasteiger partial charge in [-0.1, -0.05) is 222 Å². The summed E-state index contributed by atoms with van der Waals surface area (Å²) in [5.41, 5.74) is -0.947. The summed E-state index contributed by atoms with van der Waals surface area (Å²) < 4.78 is 7.23. The molecule has 398 valence electrons. The topological polar surface area (TPSA) is 46.5 Å². The lowest BCUT2D eigenvalue weighted by Gasteiger charge is -2.36. The predicted molar refractivity (Wildman–Crippen MR) is 299 cm³/mol. The standard InChI is InChI=1S/C63H116NO3.ClH/c1-7-10-13-16-19-22-25-28-31-34-37-40-43-46-49-52-56-61(67-62(65)57-55-60-64(4,5)6)63(66,58-53-50-47-44-41-38-35-32-29-26-23-20-17-14-11-8-2)59-54-51-48-45-42-39-36-33-30-27-24-21-18-15-12-9-3;/h19-24,28-33,61,66H,7-18,25-27,34-60H2,1-6H3;1H/q+1;/p-1/b22-19-,23-20-,24-21-,31-28-,32-29-,33-30-;. The van der Waals surface area contributed by atoms with E-state index in [1.807, 2.05) is 0 Å². The molecular formula is C63H116ClNO3. The average molecular weight is 971 g/mol. The predicted octanol–water partition coefficient (Wildman–Crippen LogP) is 16.7. The molecule has 0 bridgehead atoms. The Morgan fingerprint density at radius 3 is 1.04 bits per heavy atom. The molecule has 0 fully saturated rings. The van der Waals surface area contributed by atoms with Gasteiger partial charge in [0.1, 0.15) is 11.7 Å². The molecule has 4 nitrogen and oxygen atoms in total. The van der Waals surface area contributed by atoms with Crippen LogP contribution in [0.25, 0.3) is 0 Å². The molecule has 0 saturated carbocycles. The van der Waals surface area contributed by atoms with Crippen LogP contribution in [0.15, 0.2) is 72.9 Å². The van der Waals surface area contributed by atoms with Crippen LogP contribution in [0.5, 0.6) is 0 Å². The molecule has 1 unspecified atom stereocenters. The molecular weight excluding hydrogens is 854 g/mol. The van der Waals surface area contributed by atoms with Gasteiger partial charge in [0.15, 0.2) is 0 Å². The maximum Gasteiger partial charge on any atom is 0.306 e. The zero-order valence-electron chi connectivity index (χ0n) is 46.3. The van der Waals surface area contributed by atoms with E-state index in [1.54, 1.807) is 0 Å². The number of quaternary nitrogens is 1. The maximum atomic E-state index is 13.4. The summed E-state index contributed by atoms with van der Waals surface area (Å²) in [5, 5.41) is 12.6. The summed E-state index contributed by atoms with van der Waals surface area (Å²) in [5.74, 6) is -0.119. The molecule has 5 heteroatoms. The van der Waals surface area contributed by atoms with E-state index < -0.39 is 11.7 Å². The van der Waals surface area contributed by atoms with E-state index in [0.717, 1.165) is 94.5 Å². The van der Waals surface area contributed by atoms with Gasteiger partial charge in [-0.25, -0.2) is 0 Å². The summed E-state index contributed by atoms with van der Waals surface area (Å²) in [6, 6.07) is 0. The zero-order valence-corrected chi connectivity index (χ0v) is 47.0. The average Bonchev–Trinajstić information content (AvgIpc) is 3.30. The number of hydrogen-bond donors (Lipinski definition) is 1. The Bertz CT molecular complexity index is 1180. The van der Waals surface area contributed by atoms with Crippen LogP contribution in [0.4, 0.5) is 0 Å². The molecule has 0 saturated heterocycles. The van der Waals surface area contributed by atoms with Gasteiger partial charge in [0, 0.05) is 6.42 Å². The molecule has 0 spiro atoms. The van der Waals surface area contributed by atoms with Crippen LogP contribution in [0.2, 0.25) is 0 Å². The van der Waals surface area contributed by atoms with Crippen molar-refractivity contribution in [1.82, 2.24) is 0 Å². The molecule has 0 heterocycles. The van der Waals surface area contributed by atoms with Crippen LogP contribution in [0, 0.1) is 0 Å². The first-order chi connectivity index (χ1) is 32.7. The fraction of sp³-hybridized carbons (Fsp3) is 0.794. The lowest BCUT2D eigenvalue weighted by molar-refractivity contribution is -0.870. The Kier molecular flexibility index (Phi) is 53.1. The van der Waals surface area contributed by atoms with Crippen molar-refractivity contribution in [3.8, 4) is 0 Å². The number of rotatable bonds is 51. The first-order valence-corrected chi connectivity index (χ1v) is 29.3. The summed E-state index contributed by atoms with van der Waals surface area (Å²) in [6.45, 7) is 7.73. The second-order valence-corrected chi connectivity index (χ2v) is 21.2. The van der Waals surface area contributed by atoms with Gasteiger partial charge >= 0.3 is 5.97 Å². The molecule has 0 aliphatic carbocycles. The van der Waals surface area contributed by atoms with Gasteiger partial charge in [-0.3, -0.25) is 4.79 Å². The Labute approximate surface area is 431 Å². The lowest BCUT2D eigenvalue weighted by atomic mass is 9.82. The smallest absolute Gasteiger partial charge is 0.306 e. The number of hydrogen-bond acceptors (Lipinski definition) is 3. The quantitative estimate of drug-likeness (QED) is 0.0286. The van der Waals surface area contributed by atoms with Gasteiger partial charge < -0.3 is 26.7 Å². The van der Waals surface area contributed by atoms with E-state index in [-0.39, 0.29) is 18.4 Å². The highest BCUT2D eigenvalue weighted by Crippen LogP contribution is 2.32. The molecule has 0 aromatic rings. The number of unbranched alkanes of at least 4 members (excludes halogenated alkanes) is 27. The number of nitrogens with zero attached hydrogens (tertiary/aromatic N) is 1. The molecule has 0 aromatic carbocycles. The van der Waals surface area contributed by atoms with E-state index in [0.29, 0.717) is 6.42 Å². The third-order valence-corrected chi connectivity index (χ3v) is 13.4. The minimum atomic E-state index is -0.947. The van der Waals surface area contributed by atoms with Crippen LogP contribution < -0.4 is 12.4 Å². The number of esters is 1. The molecule has 1 N–H and O–H groups in total. The maximum absolute atomic E-state index is 13.4. The normalized spacial score (nSPS) is 13.2. The number of halogens is 1. The molecule has 1 atom stereocenters. The Balaban J connectivity index is 0. The van der Waals surface area contributed by atoms with Crippen molar-refractivity contribution in [2.24, 2.45) is 0 Å². The summed E-state index contributed by atoms with van der Waals surface area (Å²) in [6.07, 6.45) is 74.8. The highest BCUT2D eigenvalue weighted by molar-refractivity contribution is 5.69. The molecule has 0 rings (SSSR count). The van der Waals surface area contributed by atoms with Gasteiger partial charge in [-0.05, 0) is 122 Å². The monoisotopic (exact) mass is 970 g/mol. The minimum absolute atomic E-state index is 0. The number of carbonyl (C=O) groups excluding carboxylic acids is 1. The summed E-state index contributed by atoms with van der Waals surface area (Å²) in [4.78, 5) is 13.4. The molecule has 0 aliphatic heterocycles. The van der Waals surface area contributed by atoms with Crippen molar-refractivity contribution in [2.45, 2.75) is 296 Å². The van der Waals surface area contributed by atoms with E-state index in [4.69, 9.17) is 4.74 Å². The van der Waals surface area contributed by atoms with E-state index >= 15 is 0 Å². The van der Waals surface area contributed by atoms with Crippen LogP contribution in [-0.2, 0) is 9.53 Å².